The predicted octanol–water partition coefficient (Wildman–Crippen LogP) is 2.32. The first-order valence-electron chi connectivity index (χ1n) is 5.51. The van der Waals surface area contributed by atoms with Crippen molar-refractivity contribution in [2.24, 2.45) is 5.73 Å². The van der Waals surface area contributed by atoms with Crippen LogP contribution < -0.4 is 11.3 Å². The van der Waals surface area contributed by atoms with Crippen LogP contribution in [0, 0.1) is 0 Å². The van der Waals surface area contributed by atoms with Crippen molar-refractivity contribution < 1.29 is 13.2 Å². The minimum Gasteiger partial charge on any atom is -0.326 e. The van der Waals surface area contributed by atoms with Gasteiger partial charge < -0.3 is 5.73 Å². The molecule has 0 spiro atoms. The highest BCUT2D eigenvalue weighted by molar-refractivity contribution is 5.37. The Balaban J connectivity index is 2.58. The van der Waals surface area contributed by atoms with E-state index in [-0.39, 0.29) is 6.54 Å². The first-order valence-corrected chi connectivity index (χ1v) is 5.51. The van der Waals surface area contributed by atoms with Crippen LogP contribution in [0.2, 0.25) is 0 Å². The summed E-state index contributed by atoms with van der Waals surface area (Å²) in [5.74, 6) is 0. The third kappa shape index (κ3) is 2.85. The first kappa shape index (κ1) is 13.4. The van der Waals surface area contributed by atoms with Gasteiger partial charge >= 0.3 is 6.18 Å². The van der Waals surface area contributed by atoms with Crippen LogP contribution >= 0.6 is 0 Å². The summed E-state index contributed by atoms with van der Waals surface area (Å²) in [6.07, 6.45) is -3.70. The summed E-state index contributed by atoms with van der Waals surface area (Å²) in [6.45, 7) is 0.252. The smallest absolute Gasteiger partial charge is 0.326 e. The topological polar surface area (TPSA) is 48.0 Å². The molecule has 0 fully saturated rings. The Hall–Kier alpha value is -2.08. The lowest BCUT2D eigenvalue weighted by molar-refractivity contribution is -0.138. The van der Waals surface area contributed by atoms with E-state index in [1.807, 2.05) is 0 Å². The van der Waals surface area contributed by atoms with Crippen LogP contribution in [0.3, 0.4) is 0 Å². The molecule has 0 bridgehead atoms. The number of hydrogen-bond acceptors (Lipinski definition) is 2. The van der Waals surface area contributed by atoms with Crippen LogP contribution in [0.1, 0.15) is 11.1 Å². The molecule has 100 valence electrons. The number of halogens is 3. The molecule has 19 heavy (non-hydrogen) atoms. The second kappa shape index (κ2) is 4.89. The van der Waals surface area contributed by atoms with Gasteiger partial charge in [-0.05, 0) is 23.8 Å². The van der Waals surface area contributed by atoms with E-state index in [1.165, 1.54) is 0 Å². The highest BCUT2D eigenvalue weighted by Crippen LogP contribution is 2.28. The zero-order valence-corrected chi connectivity index (χ0v) is 9.82. The highest BCUT2D eigenvalue weighted by Gasteiger charge is 2.31. The molecule has 0 amide bonds. The molecule has 2 N–H and O–H groups in total. The second-order valence-corrected chi connectivity index (χ2v) is 4.00. The van der Waals surface area contributed by atoms with Gasteiger partial charge in [-0.3, -0.25) is 9.36 Å². The van der Waals surface area contributed by atoms with Crippen molar-refractivity contribution in [3.63, 3.8) is 0 Å². The summed E-state index contributed by atoms with van der Waals surface area (Å²) in [6, 6.07) is 8.19. The fourth-order valence-electron chi connectivity index (χ4n) is 1.69. The SMILES string of the molecule is NCc1cccc(-n2cc(C(F)(F)F)ccc2=O)c1. The van der Waals surface area contributed by atoms with Crippen molar-refractivity contribution in [1.82, 2.24) is 4.57 Å². The Bertz CT molecular complexity index is 647. The van der Waals surface area contributed by atoms with E-state index >= 15 is 0 Å². The van der Waals surface area contributed by atoms with Crippen molar-refractivity contribution >= 4 is 0 Å². The number of pyridine rings is 1. The van der Waals surface area contributed by atoms with Crippen LogP contribution in [0.5, 0.6) is 0 Å². The number of benzene rings is 1. The average Bonchev–Trinajstić information content (AvgIpc) is 2.38. The zero-order chi connectivity index (χ0) is 14.0. The summed E-state index contributed by atoms with van der Waals surface area (Å²) < 4.78 is 38.8. The Morgan fingerprint density at radius 2 is 1.89 bits per heavy atom. The molecule has 1 aromatic carbocycles. The predicted molar refractivity (Wildman–Crippen MR) is 64.9 cm³/mol. The van der Waals surface area contributed by atoms with Crippen LogP contribution in [-0.4, -0.2) is 4.57 Å². The molecule has 0 aliphatic rings. The van der Waals surface area contributed by atoms with Crippen molar-refractivity contribution in [3.05, 3.63) is 64.1 Å². The van der Waals surface area contributed by atoms with E-state index in [2.05, 4.69) is 0 Å². The van der Waals surface area contributed by atoms with Crippen molar-refractivity contribution in [2.45, 2.75) is 12.7 Å². The largest absolute Gasteiger partial charge is 0.417 e. The molecule has 1 heterocycles. The minimum absolute atomic E-state index is 0.252. The monoisotopic (exact) mass is 268 g/mol. The average molecular weight is 268 g/mol. The lowest BCUT2D eigenvalue weighted by Crippen LogP contribution is -2.20. The maximum Gasteiger partial charge on any atom is 0.417 e. The quantitative estimate of drug-likeness (QED) is 0.908. The van der Waals surface area contributed by atoms with Gasteiger partial charge in [0.15, 0.2) is 0 Å². The second-order valence-electron chi connectivity index (χ2n) is 4.00. The first-order chi connectivity index (χ1) is 8.91. The van der Waals surface area contributed by atoms with Gasteiger partial charge in [0.25, 0.3) is 5.56 Å². The number of hydrogen-bond donors (Lipinski definition) is 1. The summed E-state index contributed by atoms with van der Waals surface area (Å²) >= 11 is 0. The van der Waals surface area contributed by atoms with Gasteiger partial charge in [0.2, 0.25) is 0 Å². The maximum atomic E-state index is 12.6. The number of alkyl halides is 3. The van der Waals surface area contributed by atoms with Crippen molar-refractivity contribution in [3.8, 4) is 5.69 Å². The van der Waals surface area contributed by atoms with E-state index in [9.17, 15) is 18.0 Å². The maximum absolute atomic E-state index is 12.6. The Morgan fingerprint density at radius 3 is 2.53 bits per heavy atom. The lowest BCUT2D eigenvalue weighted by Gasteiger charge is -2.11. The number of rotatable bonds is 2. The van der Waals surface area contributed by atoms with Crippen LogP contribution in [0.25, 0.3) is 5.69 Å². The molecule has 0 unspecified atom stereocenters. The molecule has 0 aliphatic heterocycles. The van der Waals surface area contributed by atoms with E-state index in [4.69, 9.17) is 5.73 Å². The van der Waals surface area contributed by atoms with E-state index in [0.29, 0.717) is 5.69 Å². The zero-order valence-electron chi connectivity index (χ0n) is 9.82. The fourth-order valence-corrected chi connectivity index (χ4v) is 1.69. The van der Waals surface area contributed by atoms with E-state index in [0.717, 1.165) is 28.5 Å². The van der Waals surface area contributed by atoms with Gasteiger partial charge in [0, 0.05) is 24.5 Å². The van der Waals surface area contributed by atoms with Gasteiger partial charge in [-0.2, -0.15) is 13.2 Å². The summed E-state index contributed by atoms with van der Waals surface area (Å²) in [5, 5.41) is 0. The Kier molecular flexibility index (Phi) is 3.44. The summed E-state index contributed by atoms with van der Waals surface area (Å²) in [4.78, 5) is 11.7. The molecule has 0 aliphatic carbocycles. The van der Waals surface area contributed by atoms with E-state index < -0.39 is 17.3 Å². The normalized spacial score (nSPS) is 11.6. The molecule has 3 nitrogen and oxygen atoms in total. The number of aromatic nitrogens is 1. The fraction of sp³-hybridized carbons (Fsp3) is 0.154. The van der Waals surface area contributed by atoms with Gasteiger partial charge in [-0.25, -0.2) is 0 Å². The highest BCUT2D eigenvalue weighted by atomic mass is 19.4. The van der Waals surface area contributed by atoms with Crippen LogP contribution in [0.15, 0.2) is 47.4 Å². The summed E-state index contributed by atoms with van der Waals surface area (Å²) in [5.41, 5.74) is 5.17. The van der Waals surface area contributed by atoms with E-state index in [1.54, 1.807) is 24.3 Å². The minimum atomic E-state index is -4.49. The third-order valence-corrected chi connectivity index (χ3v) is 2.66. The Labute approximate surface area is 107 Å². The molecule has 0 saturated carbocycles. The lowest BCUT2D eigenvalue weighted by atomic mass is 10.2. The third-order valence-electron chi connectivity index (χ3n) is 2.66. The molecule has 6 heteroatoms. The van der Waals surface area contributed by atoms with Crippen LogP contribution in [0.4, 0.5) is 13.2 Å². The molecule has 0 radical (unpaired) electrons. The van der Waals surface area contributed by atoms with Crippen LogP contribution in [-0.2, 0) is 12.7 Å². The van der Waals surface area contributed by atoms with Gasteiger partial charge in [0.05, 0.1) is 5.56 Å². The molecular formula is C13H11F3N2O. The number of nitrogens with two attached hydrogens (primary N) is 1. The molecule has 2 rings (SSSR count). The summed E-state index contributed by atoms with van der Waals surface area (Å²) in [7, 11) is 0. The number of nitrogens with zero attached hydrogens (tertiary/aromatic N) is 1. The molecule has 1 aromatic heterocycles. The van der Waals surface area contributed by atoms with Gasteiger partial charge in [-0.1, -0.05) is 12.1 Å². The van der Waals surface area contributed by atoms with Crippen molar-refractivity contribution in [2.75, 3.05) is 0 Å². The molecule has 0 atom stereocenters. The van der Waals surface area contributed by atoms with Gasteiger partial charge in [0.1, 0.15) is 0 Å². The van der Waals surface area contributed by atoms with Gasteiger partial charge in [-0.15, -0.1) is 0 Å². The standard InChI is InChI=1S/C13H11F3N2O/c14-13(15,16)10-4-5-12(19)18(8-10)11-3-1-2-9(6-11)7-17/h1-6,8H,7,17H2. The molecule has 2 aromatic rings. The van der Waals surface area contributed by atoms with Crippen molar-refractivity contribution in [1.29, 1.82) is 0 Å². The Morgan fingerprint density at radius 1 is 1.16 bits per heavy atom. The molecule has 0 saturated heterocycles. The molecular weight excluding hydrogens is 257 g/mol.